The molecule has 0 bridgehead atoms. The van der Waals surface area contributed by atoms with Crippen molar-refractivity contribution >= 4 is 0 Å². The summed E-state index contributed by atoms with van der Waals surface area (Å²) in [5, 5.41) is 3.89. The van der Waals surface area contributed by atoms with E-state index in [1.807, 2.05) is 0 Å². The van der Waals surface area contributed by atoms with Gasteiger partial charge in [0.1, 0.15) is 0 Å². The lowest BCUT2D eigenvalue weighted by Gasteiger charge is -2.32. The van der Waals surface area contributed by atoms with Crippen molar-refractivity contribution in [1.29, 1.82) is 0 Å². The van der Waals surface area contributed by atoms with Crippen LogP contribution in [0, 0.1) is 5.41 Å². The van der Waals surface area contributed by atoms with E-state index in [0.717, 1.165) is 6.42 Å². The summed E-state index contributed by atoms with van der Waals surface area (Å²) in [6.45, 7) is 2.97. The van der Waals surface area contributed by atoms with Crippen LogP contribution in [0.4, 0.5) is 0 Å². The molecular weight excluding hydrogens is 222 g/mol. The molecule has 0 heterocycles. The summed E-state index contributed by atoms with van der Waals surface area (Å²) in [6.07, 6.45) is 16.0. The lowest BCUT2D eigenvalue weighted by Crippen LogP contribution is -2.23. The monoisotopic (exact) mass is 251 g/mol. The minimum atomic E-state index is 0.297. The zero-order valence-electron chi connectivity index (χ0n) is 12.0. The van der Waals surface area contributed by atoms with Crippen molar-refractivity contribution in [2.45, 2.75) is 84.0 Å². The van der Waals surface area contributed by atoms with Gasteiger partial charge in [-0.1, -0.05) is 76.2 Å². The molecule has 0 amide bonds. The minimum absolute atomic E-state index is 0.297. The van der Waals surface area contributed by atoms with Crippen LogP contribution in [0.1, 0.15) is 84.0 Å². The summed E-state index contributed by atoms with van der Waals surface area (Å²) in [6, 6.07) is 0. The van der Waals surface area contributed by atoms with Crippen molar-refractivity contribution in [3.05, 3.63) is 10.4 Å². The van der Waals surface area contributed by atoms with Gasteiger partial charge >= 0.3 is 0 Å². The molecule has 0 radical (unpaired) electrons. The van der Waals surface area contributed by atoms with Crippen LogP contribution in [0.25, 0.3) is 10.4 Å². The first-order valence-corrected chi connectivity index (χ1v) is 7.84. The first-order chi connectivity index (χ1) is 8.83. The summed E-state index contributed by atoms with van der Waals surface area (Å²) < 4.78 is 0. The van der Waals surface area contributed by atoms with Gasteiger partial charge in [0.25, 0.3) is 0 Å². The van der Waals surface area contributed by atoms with E-state index in [2.05, 4.69) is 16.9 Å². The molecule has 0 N–H and O–H groups in total. The Kier molecular flexibility index (Phi) is 7.91. The topological polar surface area (TPSA) is 48.8 Å². The molecular formula is C15H29N3. The fraction of sp³-hybridized carbons (Fsp3) is 1.00. The van der Waals surface area contributed by atoms with Gasteiger partial charge < -0.3 is 0 Å². The van der Waals surface area contributed by atoms with Crippen molar-refractivity contribution in [2.75, 3.05) is 6.54 Å². The highest BCUT2D eigenvalue weighted by Gasteiger charge is 2.26. The van der Waals surface area contributed by atoms with E-state index in [9.17, 15) is 0 Å². The van der Waals surface area contributed by atoms with Gasteiger partial charge in [0.15, 0.2) is 0 Å². The van der Waals surface area contributed by atoms with Crippen molar-refractivity contribution in [3.8, 4) is 0 Å². The molecule has 0 aromatic rings. The van der Waals surface area contributed by atoms with E-state index in [1.54, 1.807) is 0 Å². The molecule has 0 aromatic heterocycles. The van der Waals surface area contributed by atoms with E-state index >= 15 is 0 Å². The lowest BCUT2D eigenvalue weighted by molar-refractivity contribution is 0.220. The summed E-state index contributed by atoms with van der Waals surface area (Å²) in [5.74, 6) is 0. The van der Waals surface area contributed by atoms with Crippen LogP contribution >= 0.6 is 0 Å². The number of nitrogens with zero attached hydrogens (tertiary/aromatic N) is 3. The number of rotatable bonds is 3. The van der Waals surface area contributed by atoms with E-state index < -0.39 is 0 Å². The van der Waals surface area contributed by atoms with Crippen LogP contribution in [-0.2, 0) is 0 Å². The molecule has 0 atom stereocenters. The second-order valence-electron chi connectivity index (χ2n) is 5.92. The van der Waals surface area contributed by atoms with Gasteiger partial charge in [-0.25, -0.2) is 0 Å². The van der Waals surface area contributed by atoms with E-state index in [0.29, 0.717) is 12.0 Å². The summed E-state index contributed by atoms with van der Waals surface area (Å²) in [5.41, 5.74) is 8.87. The summed E-state index contributed by atoms with van der Waals surface area (Å²) >= 11 is 0. The minimum Gasteiger partial charge on any atom is -0.0934 e. The third-order valence-corrected chi connectivity index (χ3v) is 4.63. The Morgan fingerprint density at radius 2 is 1.33 bits per heavy atom. The average molecular weight is 251 g/mol. The number of hydrogen-bond acceptors (Lipinski definition) is 1. The zero-order chi connectivity index (χ0) is 13.1. The predicted molar refractivity (Wildman–Crippen MR) is 77.5 cm³/mol. The number of azide groups is 1. The molecule has 0 aliphatic heterocycles. The lowest BCUT2D eigenvalue weighted by atomic mass is 9.75. The molecule has 3 heteroatoms. The van der Waals surface area contributed by atoms with Crippen molar-refractivity contribution in [1.82, 2.24) is 0 Å². The van der Waals surface area contributed by atoms with Crippen LogP contribution in [0.5, 0.6) is 0 Å². The van der Waals surface area contributed by atoms with Crippen LogP contribution < -0.4 is 0 Å². The Morgan fingerprint density at radius 1 is 0.889 bits per heavy atom. The van der Waals surface area contributed by atoms with Gasteiger partial charge in [-0.05, 0) is 23.8 Å². The highest BCUT2D eigenvalue weighted by molar-refractivity contribution is 4.81. The SMILES string of the molecule is CCC1(CN=[N+]=[N-])CCCCCCCCCCC1. The Labute approximate surface area is 112 Å². The van der Waals surface area contributed by atoms with E-state index in [4.69, 9.17) is 5.53 Å². The maximum Gasteiger partial charge on any atom is 0.0314 e. The van der Waals surface area contributed by atoms with Crippen molar-refractivity contribution in [2.24, 2.45) is 10.5 Å². The second kappa shape index (κ2) is 9.27. The Hall–Kier alpha value is -0.690. The maximum absolute atomic E-state index is 8.57. The molecule has 3 nitrogen and oxygen atoms in total. The summed E-state index contributed by atoms with van der Waals surface area (Å²) in [4.78, 5) is 2.98. The molecule has 0 spiro atoms. The normalized spacial score (nSPS) is 22.3. The molecule has 104 valence electrons. The van der Waals surface area contributed by atoms with E-state index in [1.165, 1.54) is 70.6 Å². The van der Waals surface area contributed by atoms with Crippen LogP contribution in [0.3, 0.4) is 0 Å². The third-order valence-electron chi connectivity index (χ3n) is 4.63. The maximum atomic E-state index is 8.57. The zero-order valence-corrected chi connectivity index (χ0v) is 12.0. The van der Waals surface area contributed by atoms with Gasteiger partial charge in [0.2, 0.25) is 0 Å². The molecule has 0 aromatic carbocycles. The largest absolute Gasteiger partial charge is 0.0934 e. The first-order valence-electron chi connectivity index (χ1n) is 7.84. The standard InChI is InChI=1S/C15H29N3/c1-2-15(14-17-18-16)12-10-8-6-4-3-5-7-9-11-13-15/h2-14H2,1H3. The molecule has 1 fully saturated rings. The Morgan fingerprint density at radius 3 is 1.72 bits per heavy atom. The van der Waals surface area contributed by atoms with Crippen molar-refractivity contribution in [3.63, 3.8) is 0 Å². The molecule has 1 rings (SSSR count). The highest BCUT2D eigenvalue weighted by Crippen LogP contribution is 2.36. The van der Waals surface area contributed by atoms with Gasteiger partial charge in [-0.3, -0.25) is 0 Å². The van der Waals surface area contributed by atoms with E-state index in [-0.39, 0.29) is 0 Å². The fourth-order valence-corrected chi connectivity index (χ4v) is 3.17. The molecule has 18 heavy (non-hydrogen) atoms. The van der Waals surface area contributed by atoms with Crippen LogP contribution in [0.15, 0.2) is 5.11 Å². The highest BCUT2D eigenvalue weighted by atomic mass is 15.1. The van der Waals surface area contributed by atoms with Crippen LogP contribution in [-0.4, -0.2) is 6.54 Å². The van der Waals surface area contributed by atoms with Gasteiger partial charge in [-0.15, -0.1) is 0 Å². The molecule has 0 unspecified atom stereocenters. The van der Waals surface area contributed by atoms with Crippen molar-refractivity contribution < 1.29 is 0 Å². The predicted octanol–water partition coefficient (Wildman–Crippen LogP) is 6.00. The fourth-order valence-electron chi connectivity index (χ4n) is 3.17. The van der Waals surface area contributed by atoms with Gasteiger partial charge in [0.05, 0.1) is 0 Å². The first kappa shape index (κ1) is 15.4. The molecule has 1 saturated carbocycles. The molecule has 1 aliphatic rings. The average Bonchev–Trinajstić information content (AvgIpc) is 2.39. The third kappa shape index (κ3) is 5.77. The van der Waals surface area contributed by atoms with Crippen LogP contribution in [0.2, 0.25) is 0 Å². The number of hydrogen-bond donors (Lipinski definition) is 0. The Balaban J connectivity index is 2.54. The molecule has 0 saturated heterocycles. The quantitative estimate of drug-likeness (QED) is 0.335. The Bertz CT molecular complexity index is 244. The molecule has 1 aliphatic carbocycles. The summed E-state index contributed by atoms with van der Waals surface area (Å²) in [7, 11) is 0. The smallest absolute Gasteiger partial charge is 0.0314 e. The van der Waals surface area contributed by atoms with Gasteiger partial charge in [0, 0.05) is 11.5 Å². The second-order valence-corrected chi connectivity index (χ2v) is 5.92. The van der Waals surface area contributed by atoms with Gasteiger partial charge in [-0.2, -0.15) is 0 Å².